The molecule has 1 aromatic heterocycles. The second-order valence-electron chi connectivity index (χ2n) is 5.06. The Morgan fingerprint density at radius 1 is 1.17 bits per heavy atom. The lowest BCUT2D eigenvalue weighted by Gasteiger charge is -2.23. The average molecular weight is 263 g/mol. The van der Waals surface area contributed by atoms with E-state index in [9.17, 15) is 4.39 Å². The largest absolute Gasteiger partial charge is 0.312 e. The monoisotopic (exact) mass is 263 g/mol. The third-order valence-electron chi connectivity index (χ3n) is 3.03. The minimum Gasteiger partial charge on any atom is -0.312 e. The Bertz CT molecular complexity index is 491. The second kappa shape index (κ2) is 5.63. The van der Waals surface area contributed by atoms with Gasteiger partial charge in [0.25, 0.3) is 0 Å². The van der Waals surface area contributed by atoms with E-state index in [1.54, 1.807) is 17.4 Å². The van der Waals surface area contributed by atoms with Crippen LogP contribution in [0.1, 0.15) is 24.3 Å². The van der Waals surface area contributed by atoms with Crippen molar-refractivity contribution in [1.82, 2.24) is 5.32 Å². The van der Waals surface area contributed by atoms with Crippen LogP contribution in [-0.4, -0.2) is 6.54 Å². The van der Waals surface area contributed by atoms with Gasteiger partial charge >= 0.3 is 0 Å². The number of rotatable bonds is 5. The van der Waals surface area contributed by atoms with Crippen molar-refractivity contribution in [2.45, 2.75) is 25.8 Å². The first-order valence-electron chi connectivity index (χ1n) is 6.08. The maximum Gasteiger partial charge on any atom is 0.127 e. The van der Waals surface area contributed by atoms with E-state index in [1.807, 2.05) is 12.1 Å². The average Bonchev–Trinajstić information content (AvgIpc) is 2.86. The lowest BCUT2D eigenvalue weighted by atomic mass is 9.91. The standard InChI is InChI=1S/C15H18FNS/c1-15(2,14-8-5-9-18-14)11-17-10-12-6-3-4-7-13(12)16/h3-9,17H,10-11H2,1-2H3. The third-order valence-corrected chi connectivity index (χ3v) is 4.26. The quantitative estimate of drug-likeness (QED) is 0.861. The smallest absolute Gasteiger partial charge is 0.127 e. The molecule has 96 valence electrons. The molecule has 0 atom stereocenters. The SMILES string of the molecule is CC(C)(CNCc1ccccc1F)c1cccs1. The van der Waals surface area contributed by atoms with Crippen LogP contribution >= 0.6 is 11.3 Å². The van der Waals surface area contributed by atoms with E-state index < -0.39 is 0 Å². The van der Waals surface area contributed by atoms with Crippen LogP contribution in [0, 0.1) is 5.82 Å². The molecule has 0 radical (unpaired) electrons. The van der Waals surface area contributed by atoms with E-state index in [0.29, 0.717) is 6.54 Å². The maximum absolute atomic E-state index is 13.4. The van der Waals surface area contributed by atoms with Crippen LogP contribution in [0.15, 0.2) is 41.8 Å². The highest BCUT2D eigenvalue weighted by Gasteiger charge is 2.21. The predicted molar refractivity (Wildman–Crippen MR) is 75.5 cm³/mol. The molecule has 0 unspecified atom stereocenters. The molecule has 3 heteroatoms. The minimum atomic E-state index is -0.140. The Kier molecular flexibility index (Phi) is 4.15. The Morgan fingerprint density at radius 2 is 1.94 bits per heavy atom. The van der Waals surface area contributed by atoms with Crippen molar-refractivity contribution in [3.63, 3.8) is 0 Å². The summed E-state index contributed by atoms with van der Waals surface area (Å²) in [6.45, 7) is 5.81. The summed E-state index contributed by atoms with van der Waals surface area (Å²) < 4.78 is 13.4. The highest BCUT2D eigenvalue weighted by molar-refractivity contribution is 7.10. The number of hydrogen-bond acceptors (Lipinski definition) is 2. The van der Waals surface area contributed by atoms with E-state index in [2.05, 4.69) is 36.7 Å². The minimum absolute atomic E-state index is 0.0828. The lowest BCUT2D eigenvalue weighted by molar-refractivity contribution is 0.471. The highest BCUT2D eigenvalue weighted by Crippen LogP contribution is 2.26. The lowest BCUT2D eigenvalue weighted by Crippen LogP contribution is -2.32. The molecular formula is C15H18FNS. The maximum atomic E-state index is 13.4. The summed E-state index contributed by atoms with van der Waals surface area (Å²) in [5.74, 6) is -0.140. The van der Waals surface area contributed by atoms with Crippen molar-refractivity contribution in [1.29, 1.82) is 0 Å². The second-order valence-corrected chi connectivity index (χ2v) is 6.00. The van der Waals surface area contributed by atoms with Crippen molar-refractivity contribution in [2.24, 2.45) is 0 Å². The number of thiophene rings is 1. The summed E-state index contributed by atoms with van der Waals surface area (Å²) in [6, 6.07) is 11.1. The summed E-state index contributed by atoms with van der Waals surface area (Å²) in [6.07, 6.45) is 0. The fraction of sp³-hybridized carbons (Fsp3) is 0.333. The zero-order chi connectivity index (χ0) is 13.0. The van der Waals surface area contributed by atoms with Crippen molar-refractivity contribution in [3.05, 3.63) is 58.0 Å². The first-order valence-corrected chi connectivity index (χ1v) is 6.96. The van der Waals surface area contributed by atoms with E-state index in [-0.39, 0.29) is 11.2 Å². The molecule has 1 nitrogen and oxygen atoms in total. The molecule has 0 fully saturated rings. The summed E-state index contributed by atoms with van der Waals surface area (Å²) in [4.78, 5) is 1.35. The summed E-state index contributed by atoms with van der Waals surface area (Å²) in [7, 11) is 0. The Balaban J connectivity index is 1.91. The molecule has 1 heterocycles. The third kappa shape index (κ3) is 3.18. The van der Waals surface area contributed by atoms with Gasteiger partial charge in [-0.15, -0.1) is 11.3 Å². The Hall–Kier alpha value is -1.19. The van der Waals surface area contributed by atoms with E-state index >= 15 is 0 Å². The van der Waals surface area contributed by atoms with Crippen molar-refractivity contribution in [2.75, 3.05) is 6.54 Å². The van der Waals surface area contributed by atoms with Gasteiger partial charge in [0, 0.05) is 28.9 Å². The molecule has 2 aromatic rings. The zero-order valence-electron chi connectivity index (χ0n) is 10.7. The zero-order valence-corrected chi connectivity index (χ0v) is 11.6. The predicted octanol–water partition coefficient (Wildman–Crippen LogP) is 3.95. The van der Waals surface area contributed by atoms with Crippen LogP contribution in [0.2, 0.25) is 0 Å². The fourth-order valence-electron chi connectivity index (χ4n) is 1.90. The molecule has 0 saturated carbocycles. The molecule has 0 bridgehead atoms. The highest BCUT2D eigenvalue weighted by atomic mass is 32.1. The summed E-state index contributed by atoms with van der Waals surface area (Å²) in [5.41, 5.74) is 0.805. The van der Waals surface area contributed by atoms with Gasteiger partial charge in [-0.25, -0.2) is 4.39 Å². The number of halogens is 1. The van der Waals surface area contributed by atoms with E-state index in [1.165, 1.54) is 10.9 Å². The van der Waals surface area contributed by atoms with Gasteiger partial charge in [-0.3, -0.25) is 0 Å². The van der Waals surface area contributed by atoms with Gasteiger partial charge in [-0.1, -0.05) is 38.1 Å². The molecular weight excluding hydrogens is 245 g/mol. The van der Waals surface area contributed by atoms with Crippen LogP contribution in [0.25, 0.3) is 0 Å². The van der Waals surface area contributed by atoms with Crippen molar-refractivity contribution < 1.29 is 4.39 Å². The Morgan fingerprint density at radius 3 is 2.61 bits per heavy atom. The molecule has 0 aliphatic carbocycles. The summed E-state index contributed by atoms with van der Waals surface area (Å²) in [5, 5.41) is 5.43. The number of nitrogens with one attached hydrogen (secondary N) is 1. The van der Waals surface area contributed by atoms with Crippen LogP contribution in [0.3, 0.4) is 0 Å². The van der Waals surface area contributed by atoms with Gasteiger partial charge < -0.3 is 5.32 Å². The molecule has 0 spiro atoms. The van der Waals surface area contributed by atoms with Gasteiger partial charge in [0.05, 0.1) is 0 Å². The van der Waals surface area contributed by atoms with Crippen LogP contribution < -0.4 is 5.32 Å². The van der Waals surface area contributed by atoms with Crippen molar-refractivity contribution in [3.8, 4) is 0 Å². The Labute approximate surface area is 112 Å². The van der Waals surface area contributed by atoms with E-state index in [4.69, 9.17) is 0 Å². The fourth-order valence-corrected chi connectivity index (χ4v) is 2.75. The molecule has 1 N–H and O–H groups in total. The summed E-state index contributed by atoms with van der Waals surface area (Å²) >= 11 is 1.77. The molecule has 18 heavy (non-hydrogen) atoms. The molecule has 0 aliphatic rings. The first-order chi connectivity index (χ1) is 8.59. The van der Waals surface area contributed by atoms with Gasteiger partial charge in [-0.2, -0.15) is 0 Å². The van der Waals surface area contributed by atoms with Crippen LogP contribution in [0.4, 0.5) is 4.39 Å². The van der Waals surface area contributed by atoms with Gasteiger partial charge in [0.15, 0.2) is 0 Å². The topological polar surface area (TPSA) is 12.0 Å². The molecule has 0 amide bonds. The van der Waals surface area contributed by atoms with E-state index in [0.717, 1.165) is 12.1 Å². The number of benzene rings is 1. The molecule has 0 saturated heterocycles. The van der Waals surface area contributed by atoms with Gasteiger partial charge in [-0.05, 0) is 17.5 Å². The first kappa shape index (κ1) is 13.2. The van der Waals surface area contributed by atoms with Gasteiger partial charge in [0.1, 0.15) is 5.82 Å². The van der Waals surface area contributed by atoms with Gasteiger partial charge in [0.2, 0.25) is 0 Å². The molecule has 1 aromatic carbocycles. The van der Waals surface area contributed by atoms with Crippen LogP contribution in [-0.2, 0) is 12.0 Å². The van der Waals surface area contributed by atoms with Crippen molar-refractivity contribution >= 4 is 11.3 Å². The normalized spacial score (nSPS) is 11.7. The molecule has 0 aliphatic heterocycles. The molecule has 2 rings (SSSR count). The number of hydrogen-bond donors (Lipinski definition) is 1. The van der Waals surface area contributed by atoms with Crippen LogP contribution in [0.5, 0.6) is 0 Å².